The molecule has 12 heteroatoms. The molecule has 2 aromatic heterocycles. The van der Waals surface area contributed by atoms with E-state index in [1.165, 1.54) is 25.6 Å². The number of aromatic amines is 1. The minimum Gasteiger partial charge on any atom is -0.494 e. The van der Waals surface area contributed by atoms with Crippen LogP contribution in [-0.4, -0.2) is 81.0 Å². The number of fused-ring (bicyclic) bond motifs is 1. The lowest BCUT2D eigenvalue weighted by atomic mass is 10.0. The summed E-state index contributed by atoms with van der Waals surface area (Å²) in [4.78, 5) is 37.7. The number of rotatable bonds is 7. The van der Waals surface area contributed by atoms with Gasteiger partial charge in [0.05, 0.1) is 36.9 Å². The number of piperidine rings is 1. The zero-order valence-corrected chi connectivity index (χ0v) is 20.5. The van der Waals surface area contributed by atoms with Crippen LogP contribution < -0.4 is 14.8 Å². The number of halogens is 1. The number of amides is 2. The molecule has 11 nitrogen and oxygen atoms in total. The lowest BCUT2D eigenvalue weighted by Crippen LogP contribution is -2.56. The highest BCUT2D eigenvalue weighted by molar-refractivity contribution is 6.09. The van der Waals surface area contributed by atoms with Gasteiger partial charge in [-0.15, -0.1) is 0 Å². The van der Waals surface area contributed by atoms with E-state index in [0.29, 0.717) is 46.3 Å². The van der Waals surface area contributed by atoms with Crippen molar-refractivity contribution in [3.8, 4) is 22.8 Å². The van der Waals surface area contributed by atoms with Crippen LogP contribution in [0.1, 0.15) is 35.3 Å². The third-order valence-corrected chi connectivity index (χ3v) is 6.84. The molecule has 1 aliphatic heterocycles. The second kappa shape index (κ2) is 9.85. The van der Waals surface area contributed by atoms with Crippen molar-refractivity contribution in [3.05, 3.63) is 35.5 Å². The lowest BCUT2D eigenvalue weighted by Gasteiger charge is -2.34. The predicted molar refractivity (Wildman–Crippen MR) is 130 cm³/mol. The van der Waals surface area contributed by atoms with Gasteiger partial charge in [0.15, 0.2) is 11.6 Å². The first-order chi connectivity index (χ1) is 17.8. The quantitative estimate of drug-likeness (QED) is 0.377. The van der Waals surface area contributed by atoms with E-state index in [4.69, 9.17) is 9.47 Å². The molecule has 2 fully saturated rings. The van der Waals surface area contributed by atoms with E-state index in [9.17, 15) is 24.2 Å². The van der Waals surface area contributed by atoms with Gasteiger partial charge in [0.1, 0.15) is 23.3 Å². The third kappa shape index (κ3) is 4.88. The van der Waals surface area contributed by atoms with Crippen molar-refractivity contribution >= 4 is 23.0 Å². The molecule has 1 saturated heterocycles. The summed E-state index contributed by atoms with van der Waals surface area (Å²) in [5.41, 5.74) is 2.42. The first-order valence-electron chi connectivity index (χ1n) is 12.1. The summed E-state index contributed by atoms with van der Waals surface area (Å²) in [5.74, 6) is -0.296. The van der Waals surface area contributed by atoms with Crippen molar-refractivity contribution in [3.63, 3.8) is 0 Å². The fourth-order valence-electron chi connectivity index (χ4n) is 4.59. The molecule has 3 aromatic rings. The fraction of sp³-hybridized carbons (Fsp3) is 0.440. The molecular formula is C25H28FN5O6. The molecule has 1 aromatic carbocycles. The average molecular weight is 514 g/mol. The van der Waals surface area contributed by atoms with Crippen LogP contribution in [0.2, 0.25) is 0 Å². The topological polar surface area (TPSA) is 150 Å². The molecule has 1 aliphatic carbocycles. The molecule has 0 spiro atoms. The van der Waals surface area contributed by atoms with Crippen molar-refractivity contribution in [1.82, 2.24) is 25.2 Å². The molecule has 5 rings (SSSR count). The van der Waals surface area contributed by atoms with Gasteiger partial charge in [0.25, 0.3) is 5.91 Å². The number of aromatic nitrogens is 3. The molecule has 2 aliphatic rings. The standard InChI is InChI=1S/C25H28FN5O6/c1-12-20(24(33)30-16-9-31(25(34)35)6-5-17(16)32)22-23(29-12)21(27-11-28-22)14-7-19(36-2)15(26)8-18(14)37-10-13-3-4-13/h7-8,11,13,16-17,29,32H,3-6,9-10H2,1-2H3,(H,30,33)(H,34,35). The fourth-order valence-corrected chi connectivity index (χ4v) is 4.59. The smallest absolute Gasteiger partial charge is 0.407 e. The molecule has 0 radical (unpaired) electrons. The van der Waals surface area contributed by atoms with Crippen LogP contribution in [0.3, 0.4) is 0 Å². The highest BCUT2D eigenvalue weighted by Gasteiger charge is 2.33. The number of carbonyl (C=O) groups excluding carboxylic acids is 1. The summed E-state index contributed by atoms with van der Waals surface area (Å²) in [6, 6.07) is 2.01. The Morgan fingerprint density at radius 2 is 2.03 bits per heavy atom. The highest BCUT2D eigenvalue weighted by Crippen LogP contribution is 2.39. The van der Waals surface area contributed by atoms with Crippen LogP contribution in [-0.2, 0) is 0 Å². The maximum Gasteiger partial charge on any atom is 0.407 e. The van der Waals surface area contributed by atoms with Crippen LogP contribution >= 0.6 is 0 Å². The Bertz CT molecular complexity index is 1360. The van der Waals surface area contributed by atoms with Gasteiger partial charge >= 0.3 is 6.09 Å². The van der Waals surface area contributed by atoms with Gasteiger partial charge in [-0.25, -0.2) is 19.2 Å². The van der Waals surface area contributed by atoms with Crippen LogP contribution in [0.4, 0.5) is 9.18 Å². The van der Waals surface area contributed by atoms with Crippen LogP contribution in [0.15, 0.2) is 18.5 Å². The first kappa shape index (κ1) is 24.8. The molecular weight excluding hydrogens is 485 g/mol. The zero-order valence-electron chi connectivity index (χ0n) is 20.5. The van der Waals surface area contributed by atoms with E-state index < -0.39 is 30.0 Å². The maximum atomic E-state index is 14.5. The summed E-state index contributed by atoms with van der Waals surface area (Å²) >= 11 is 0. The lowest BCUT2D eigenvalue weighted by molar-refractivity contribution is 0.0439. The van der Waals surface area contributed by atoms with Gasteiger partial charge in [0.2, 0.25) is 0 Å². The summed E-state index contributed by atoms with van der Waals surface area (Å²) in [6.45, 7) is 2.33. The Hall–Kier alpha value is -3.93. The summed E-state index contributed by atoms with van der Waals surface area (Å²) in [7, 11) is 1.37. The normalized spacial score (nSPS) is 19.6. The molecule has 2 amide bonds. The number of hydrogen-bond acceptors (Lipinski definition) is 7. The van der Waals surface area contributed by atoms with Gasteiger partial charge < -0.3 is 34.9 Å². The number of aryl methyl sites for hydroxylation is 1. The number of carbonyl (C=O) groups is 2. The van der Waals surface area contributed by atoms with Crippen molar-refractivity contribution in [2.45, 2.75) is 38.3 Å². The predicted octanol–water partition coefficient (Wildman–Crippen LogP) is 2.71. The Morgan fingerprint density at radius 3 is 2.73 bits per heavy atom. The van der Waals surface area contributed by atoms with Gasteiger partial charge in [0, 0.05) is 30.4 Å². The van der Waals surface area contributed by atoms with Crippen molar-refractivity contribution in [2.75, 3.05) is 26.8 Å². The number of nitrogens with zero attached hydrogens (tertiary/aromatic N) is 3. The van der Waals surface area contributed by atoms with Crippen molar-refractivity contribution in [2.24, 2.45) is 5.92 Å². The van der Waals surface area contributed by atoms with Crippen molar-refractivity contribution in [1.29, 1.82) is 0 Å². The number of ether oxygens (including phenoxy) is 2. The SMILES string of the molecule is COc1cc(-c2ncnc3c(C(=O)NC4CN(C(=O)O)CCC4O)c(C)[nH]c23)c(OCC2CC2)cc1F. The average Bonchev–Trinajstić information content (AvgIpc) is 3.63. The third-order valence-electron chi connectivity index (χ3n) is 6.84. The summed E-state index contributed by atoms with van der Waals surface area (Å²) in [6.07, 6.45) is 1.67. The summed E-state index contributed by atoms with van der Waals surface area (Å²) in [5, 5.41) is 22.4. The molecule has 2 atom stereocenters. The second-order valence-electron chi connectivity index (χ2n) is 9.47. The number of aliphatic hydroxyl groups excluding tert-OH is 1. The Kier molecular flexibility index (Phi) is 6.59. The Balaban J connectivity index is 1.51. The number of likely N-dealkylation sites (tertiary alicyclic amines) is 1. The van der Waals surface area contributed by atoms with E-state index in [1.54, 1.807) is 6.92 Å². The molecule has 0 bridgehead atoms. The Labute approximate surface area is 211 Å². The largest absolute Gasteiger partial charge is 0.494 e. The van der Waals surface area contributed by atoms with E-state index in [0.717, 1.165) is 17.7 Å². The van der Waals surface area contributed by atoms with Crippen LogP contribution in [0.5, 0.6) is 11.5 Å². The maximum absolute atomic E-state index is 14.5. The van der Waals surface area contributed by atoms with Crippen molar-refractivity contribution < 1.29 is 33.7 Å². The first-order valence-corrected chi connectivity index (χ1v) is 12.1. The molecule has 3 heterocycles. The van der Waals surface area contributed by atoms with Gasteiger partial charge in [-0.2, -0.15) is 0 Å². The van der Waals surface area contributed by atoms with E-state index in [-0.39, 0.29) is 30.8 Å². The molecule has 1 saturated carbocycles. The number of aliphatic hydroxyl groups is 1. The molecule has 2 unspecified atom stereocenters. The van der Waals surface area contributed by atoms with Crippen LogP contribution in [0, 0.1) is 18.7 Å². The zero-order chi connectivity index (χ0) is 26.3. The monoisotopic (exact) mass is 513 g/mol. The van der Waals surface area contributed by atoms with E-state index in [1.807, 2.05) is 0 Å². The van der Waals surface area contributed by atoms with Crippen LogP contribution in [0.25, 0.3) is 22.3 Å². The van der Waals surface area contributed by atoms with E-state index >= 15 is 0 Å². The number of hydrogen-bond donors (Lipinski definition) is 4. The number of benzene rings is 1. The number of methoxy groups -OCH3 is 1. The van der Waals surface area contributed by atoms with E-state index in [2.05, 4.69) is 20.3 Å². The number of nitrogens with one attached hydrogen (secondary N) is 2. The number of H-pyrrole nitrogens is 1. The molecule has 37 heavy (non-hydrogen) atoms. The minimum absolute atomic E-state index is 0.0241. The van der Waals surface area contributed by atoms with Gasteiger partial charge in [-0.05, 0) is 38.2 Å². The second-order valence-corrected chi connectivity index (χ2v) is 9.47. The number of carboxylic acid groups (broad SMARTS) is 1. The molecule has 4 N–H and O–H groups in total. The minimum atomic E-state index is -1.11. The Morgan fingerprint density at radius 1 is 1.24 bits per heavy atom. The highest BCUT2D eigenvalue weighted by atomic mass is 19.1. The van der Waals surface area contributed by atoms with Gasteiger partial charge in [-0.3, -0.25) is 4.79 Å². The van der Waals surface area contributed by atoms with Gasteiger partial charge in [-0.1, -0.05) is 0 Å². The molecule has 196 valence electrons. The summed E-state index contributed by atoms with van der Waals surface area (Å²) < 4.78 is 25.7.